The highest BCUT2D eigenvalue weighted by Crippen LogP contribution is 2.09. The van der Waals surface area contributed by atoms with Crippen LogP contribution >= 0.6 is 0 Å². The lowest BCUT2D eigenvalue weighted by Crippen LogP contribution is -2.60. The number of aliphatic hydroxyl groups excluding tert-OH is 1. The van der Waals surface area contributed by atoms with Gasteiger partial charge in [-0.1, -0.05) is 34.1 Å². The third-order valence-electron chi connectivity index (χ3n) is 4.29. The number of carbonyl (C=O) groups is 4. The average Bonchev–Trinajstić information content (AvgIpc) is 2.59. The molecule has 0 spiro atoms. The Hall–Kier alpha value is -2.20. The summed E-state index contributed by atoms with van der Waals surface area (Å²) >= 11 is 0. The van der Waals surface area contributed by atoms with Crippen LogP contribution < -0.4 is 21.7 Å². The van der Waals surface area contributed by atoms with Gasteiger partial charge in [-0.25, -0.2) is 0 Å². The Morgan fingerprint density at radius 3 is 1.85 bits per heavy atom. The van der Waals surface area contributed by atoms with E-state index in [0.29, 0.717) is 6.42 Å². The highest BCUT2D eigenvalue weighted by atomic mass is 16.4. The molecule has 0 aromatic rings. The Balaban J connectivity index is 5.24. The maximum absolute atomic E-state index is 12.6. The third-order valence-corrected chi connectivity index (χ3v) is 4.29. The van der Waals surface area contributed by atoms with Crippen LogP contribution in [0.15, 0.2) is 0 Å². The Morgan fingerprint density at radius 2 is 1.44 bits per heavy atom. The largest absolute Gasteiger partial charge is 0.480 e. The predicted octanol–water partition coefficient (Wildman–Crippen LogP) is -1.43. The monoisotopic (exact) mass is 388 g/mol. The molecule has 0 aliphatic rings. The van der Waals surface area contributed by atoms with Crippen LogP contribution in [0.2, 0.25) is 0 Å². The topological polar surface area (TPSA) is 171 Å². The number of carboxylic acids is 1. The number of nitrogens with two attached hydrogens (primary N) is 1. The Labute approximate surface area is 159 Å². The van der Waals surface area contributed by atoms with Gasteiger partial charge >= 0.3 is 5.97 Å². The standard InChI is InChI=1S/C17H32N4O6/c1-6-9(4)13(16(26)19-7-11(23)24)20-17(27)14(10(5)22)21-15(25)12(18)8(2)3/h8-10,12-14,22H,6-7,18H2,1-5H3,(H,19,26)(H,20,27)(H,21,25)(H,23,24). The SMILES string of the molecule is CCC(C)C(NC(=O)C(NC(=O)C(N)C(C)C)C(C)O)C(=O)NCC(=O)O. The molecule has 0 heterocycles. The summed E-state index contributed by atoms with van der Waals surface area (Å²) in [6.45, 7) is 7.76. The summed E-state index contributed by atoms with van der Waals surface area (Å²) in [7, 11) is 0. The van der Waals surface area contributed by atoms with E-state index in [1.165, 1.54) is 6.92 Å². The fourth-order valence-electron chi connectivity index (χ4n) is 2.18. The second-order valence-electron chi connectivity index (χ2n) is 6.98. The number of aliphatic carboxylic acids is 1. The molecule has 10 nitrogen and oxygen atoms in total. The van der Waals surface area contributed by atoms with Crippen LogP contribution in [0.1, 0.15) is 41.0 Å². The van der Waals surface area contributed by atoms with E-state index >= 15 is 0 Å². The lowest BCUT2D eigenvalue weighted by atomic mass is 9.97. The number of rotatable bonds is 11. The van der Waals surface area contributed by atoms with E-state index < -0.39 is 54.5 Å². The lowest BCUT2D eigenvalue weighted by molar-refractivity contribution is -0.139. The molecule has 5 unspecified atom stereocenters. The van der Waals surface area contributed by atoms with Crippen molar-refractivity contribution < 1.29 is 29.4 Å². The van der Waals surface area contributed by atoms with E-state index in [0.717, 1.165) is 0 Å². The summed E-state index contributed by atoms with van der Waals surface area (Å²) in [6.07, 6.45) is -0.692. The summed E-state index contributed by atoms with van der Waals surface area (Å²) in [5.74, 6) is -3.70. The zero-order valence-electron chi connectivity index (χ0n) is 16.5. The van der Waals surface area contributed by atoms with Crippen LogP contribution in [0.5, 0.6) is 0 Å². The molecule has 27 heavy (non-hydrogen) atoms. The van der Waals surface area contributed by atoms with Crippen LogP contribution in [0.3, 0.4) is 0 Å². The van der Waals surface area contributed by atoms with E-state index in [9.17, 15) is 24.3 Å². The van der Waals surface area contributed by atoms with Gasteiger partial charge in [0.15, 0.2) is 0 Å². The normalized spacial score (nSPS) is 16.6. The molecule has 3 amide bonds. The van der Waals surface area contributed by atoms with Gasteiger partial charge < -0.3 is 31.9 Å². The van der Waals surface area contributed by atoms with Crippen molar-refractivity contribution >= 4 is 23.7 Å². The summed E-state index contributed by atoms with van der Waals surface area (Å²) < 4.78 is 0. The minimum absolute atomic E-state index is 0.169. The van der Waals surface area contributed by atoms with Crippen molar-refractivity contribution in [2.75, 3.05) is 6.54 Å². The molecule has 0 aliphatic carbocycles. The van der Waals surface area contributed by atoms with E-state index in [2.05, 4.69) is 16.0 Å². The van der Waals surface area contributed by atoms with Crippen molar-refractivity contribution in [1.82, 2.24) is 16.0 Å². The molecule has 0 saturated carbocycles. The number of carboxylic acid groups (broad SMARTS) is 1. The van der Waals surface area contributed by atoms with Crippen LogP contribution in [0, 0.1) is 11.8 Å². The van der Waals surface area contributed by atoms with Crippen molar-refractivity contribution in [3.8, 4) is 0 Å². The third kappa shape index (κ3) is 8.35. The van der Waals surface area contributed by atoms with Gasteiger partial charge in [-0.05, 0) is 18.8 Å². The van der Waals surface area contributed by atoms with Crippen LogP contribution in [0.25, 0.3) is 0 Å². The molecule has 0 aliphatic heterocycles. The van der Waals surface area contributed by atoms with E-state index in [1.807, 2.05) is 6.92 Å². The number of amides is 3. The first kappa shape index (κ1) is 24.8. The fourth-order valence-corrected chi connectivity index (χ4v) is 2.18. The number of hydrogen-bond acceptors (Lipinski definition) is 6. The van der Waals surface area contributed by atoms with Gasteiger partial charge in [0.05, 0.1) is 12.1 Å². The maximum Gasteiger partial charge on any atom is 0.322 e. The molecule has 5 atom stereocenters. The molecule has 0 rings (SSSR count). The number of nitrogens with one attached hydrogen (secondary N) is 3. The summed E-state index contributed by atoms with van der Waals surface area (Å²) in [6, 6.07) is -3.18. The van der Waals surface area contributed by atoms with Crippen LogP contribution in [-0.2, 0) is 19.2 Å². The summed E-state index contributed by atoms with van der Waals surface area (Å²) in [4.78, 5) is 47.6. The molecule has 0 aromatic carbocycles. The zero-order valence-corrected chi connectivity index (χ0v) is 16.5. The minimum Gasteiger partial charge on any atom is -0.480 e. The lowest BCUT2D eigenvalue weighted by Gasteiger charge is -2.28. The Bertz CT molecular complexity index is 538. The average molecular weight is 388 g/mol. The van der Waals surface area contributed by atoms with Gasteiger partial charge in [0.25, 0.3) is 0 Å². The van der Waals surface area contributed by atoms with Crippen molar-refractivity contribution in [1.29, 1.82) is 0 Å². The molecule has 0 aromatic heterocycles. The van der Waals surface area contributed by atoms with Crippen molar-refractivity contribution in [2.45, 2.75) is 65.3 Å². The fraction of sp³-hybridized carbons (Fsp3) is 0.765. The van der Waals surface area contributed by atoms with Crippen molar-refractivity contribution in [3.05, 3.63) is 0 Å². The molecule has 0 saturated heterocycles. The second-order valence-corrected chi connectivity index (χ2v) is 6.98. The van der Waals surface area contributed by atoms with Crippen molar-refractivity contribution in [3.63, 3.8) is 0 Å². The first-order valence-electron chi connectivity index (χ1n) is 8.96. The molecular weight excluding hydrogens is 356 g/mol. The van der Waals surface area contributed by atoms with Gasteiger partial charge in [0, 0.05) is 0 Å². The van der Waals surface area contributed by atoms with Crippen molar-refractivity contribution in [2.24, 2.45) is 17.6 Å². The van der Waals surface area contributed by atoms with Gasteiger partial charge in [0.2, 0.25) is 17.7 Å². The van der Waals surface area contributed by atoms with Crippen LogP contribution in [-0.4, -0.2) is 64.7 Å². The zero-order chi connectivity index (χ0) is 21.3. The predicted molar refractivity (Wildman–Crippen MR) is 98.5 cm³/mol. The van der Waals surface area contributed by atoms with Gasteiger partial charge in [0.1, 0.15) is 18.6 Å². The van der Waals surface area contributed by atoms with E-state index in [1.54, 1.807) is 20.8 Å². The molecule has 0 radical (unpaired) electrons. The first-order valence-corrected chi connectivity index (χ1v) is 8.96. The number of aliphatic hydroxyl groups is 1. The Morgan fingerprint density at radius 1 is 0.926 bits per heavy atom. The number of hydrogen-bond donors (Lipinski definition) is 6. The molecule has 0 bridgehead atoms. The number of carbonyl (C=O) groups excluding carboxylic acids is 3. The molecule has 7 N–H and O–H groups in total. The smallest absolute Gasteiger partial charge is 0.322 e. The van der Waals surface area contributed by atoms with Gasteiger partial charge in [-0.15, -0.1) is 0 Å². The molecular formula is C17H32N4O6. The minimum atomic E-state index is -1.30. The van der Waals surface area contributed by atoms with E-state index in [-0.39, 0.29) is 11.8 Å². The highest BCUT2D eigenvalue weighted by molar-refractivity contribution is 5.94. The summed E-state index contributed by atoms with van der Waals surface area (Å²) in [5, 5.41) is 25.7. The van der Waals surface area contributed by atoms with E-state index in [4.69, 9.17) is 10.8 Å². The quantitative estimate of drug-likeness (QED) is 0.252. The summed E-state index contributed by atoms with van der Waals surface area (Å²) in [5.41, 5.74) is 5.75. The second kappa shape index (κ2) is 11.5. The van der Waals surface area contributed by atoms with Crippen LogP contribution in [0.4, 0.5) is 0 Å². The molecule has 10 heteroatoms. The molecule has 0 fully saturated rings. The molecule has 156 valence electrons. The first-order chi connectivity index (χ1) is 12.4. The van der Waals surface area contributed by atoms with Gasteiger partial charge in [-0.2, -0.15) is 0 Å². The van der Waals surface area contributed by atoms with Gasteiger partial charge in [-0.3, -0.25) is 19.2 Å². The maximum atomic E-state index is 12.6. The highest BCUT2D eigenvalue weighted by Gasteiger charge is 2.33. The Kier molecular flexibility index (Phi) is 10.6.